The molecule has 2 unspecified atom stereocenters. The normalized spacial score (nSPS) is 25.3. The van der Waals surface area contributed by atoms with Crippen LogP contribution >= 0.6 is 0 Å². The highest BCUT2D eigenvalue weighted by Gasteiger charge is 2.23. The third-order valence-corrected chi connectivity index (χ3v) is 3.61. The van der Waals surface area contributed by atoms with Crippen molar-refractivity contribution in [3.8, 4) is 0 Å². The van der Waals surface area contributed by atoms with E-state index in [0.717, 1.165) is 36.4 Å². The van der Waals surface area contributed by atoms with Gasteiger partial charge in [0, 0.05) is 18.5 Å². The van der Waals surface area contributed by atoms with E-state index in [2.05, 4.69) is 61.8 Å². The van der Waals surface area contributed by atoms with Crippen molar-refractivity contribution in [3.05, 3.63) is 17.8 Å². The molecule has 0 radical (unpaired) electrons. The van der Waals surface area contributed by atoms with Gasteiger partial charge in [0.2, 0.25) is 0 Å². The minimum Gasteiger partial charge on any atom is -0.355 e. The summed E-state index contributed by atoms with van der Waals surface area (Å²) in [4.78, 5) is 2.37. The van der Waals surface area contributed by atoms with Gasteiger partial charge in [-0.05, 0) is 30.4 Å². The van der Waals surface area contributed by atoms with Crippen LogP contribution in [-0.4, -0.2) is 23.3 Å². The van der Waals surface area contributed by atoms with E-state index in [4.69, 9.17) is 0 Å². The van der Waals surface area contributed by atoms with Gasteiger partial charge in [-0.25, -0.2) is 0 Å². The summed E-state index contributed by atoms with van der Waals surface area (Å²) < 4.78 is 0. The summed E-state index contributed by atoms with van der Waals surface area (Å²) in [6.45, 7) is 13.4. The molecule has 1 aromatic heterocycles. The van der Waals surface area contributed by atoms with Gasteiger partial charge in [0.25, 0.3) is 0 Å². The second-order valence-corrected chi connectivity index (χ2v) is 6.88. The van der Waals surface area contributed by atoms with E-state index in [9.17, 15) is 0 Å². The van der Waals surface area contributed by atoms with Crippen LogP contribution in [0.3, 0.4) is 0 Å². The quantitative estimate of drug-likeness (QED) is 0.762. The Morgan fingerprint density at radius 3 is 2.11 bits per heavy atom. The first-order valence-electron chi connectivity index (χ1n) is 6.95. The minimum atomic E-state index is 0.0774. The van der Waals surface area contributed by atoms with Crippen LogP contribution in [0.2, 0.25) is 0 Å². The predicted molar refractivity (Wildman–Crippen MR) is 75.9 cm³/mol. The fraction of sp³-hybridized carbons (Fsp3) is 0.733. The van der Waals surface area contributed by atoms with Gasteiger partial charge >= 0.3 is 0 Å². The molecule has 0 spiro atoms. The summed E-state index contributed by atoms with van der Waals surface area (Å²) in [6, 6.07) is 4.24. The highest BCUT2D eigenvalue weighted by Crippen LogP contribution is 2.26. The first-order valence-corrected chi connectivity index (χ1v) is 6.95. The maximum Gasteiger partial charge on any atom is 0.151 e. The van der Waals surface area contributed by atoms with E-state index in [1.165, 1.54) is 6.42 Å². The number of hydrogen-bond donors (Lipinski definition) is 0. The molecule has 0 amide bonds. The third-order valence-electron chi connectivity index (χ3n) is 3.61. The standard InChI is InChI=1S/C15H25N3/c1-11-8-12(2)10-18(9-11)14-7-6-13(16-17-14)15(3,4)5/h6-7,11-12H,8-10H2,1-5H3. The Hall–Kier alpha value is -1.12. The van der Waals surface area contributed by atoms with Crippen LogP contribution in [0.1, 0.15) is 46.7 Å². The van der Waals surface area contributed by atoms with Crippen LogP contribution in [0.4, 0.5) is 5.82 Å². The molecule has 0 N–H and O–H groups in total. The van der Waals surface area contributed by atoms with Gasteiger partial charge in [0.15, 0.2) is 5.82 Å². The van der Waals surface area contributed by atoms with Crippen molar-refractivity contribution in [1.29, 1.82) is 0 Å². The second kappa shape index (κ2) is 4.87. The van der Waals surface area contributed by atoms with E-state index in [0.29, 0.717) is 0 Å². The van der Waals surface area contributed by atoms with Crippen LogP contribution in [0, 0.1) is 11.8 Å². The number of rotatable bonds is 1. The molecule has 0 saturated carbocycles. The summed E-state index contributed by atoms with van der Waals surface area (Å²) in [7, 11) is 0. The van der Waals surface area contributed by atoms with Gasteiger partial charge in [-0.2, -0.15) is 5.10 Å². The molecule has 0 aromatic carbocycles. The van der Waals surface area contributed by atoms with Crippen LogP contribution in [-0.2, 0) is 5.41 Å². The van der Waals surface area contributed by atoms with Crippen LogP contribution in [0.25, 0.3) is 0 Å². The Balaban J connectivity index is 2.14. The molecule has 18 heavy (non-hydrogen) atoms. The fourth-order valence-corrected chi connectivity index (χ4v) is 2.74. The molecule has 2 rings (SSSR count). The average molecular weight is 247 g/mol. The van der Waals surface area contributed by atoms with Gasteiger partial charge in [0.1, 0.15) is 0 Å². The highest BCUT2D eigenvalue weighted by molar-refractivity contribution is 5.38. The van der Waals surface area contributed by atoms with E-state index in [-0.39, 0.29) is 5.41 Å². The number of piperidine rings is 1. The Morgan fingerprint density at radius 2 is 1.67 bits per heavy atom. The SMILES string of the molecule is CC1CC(C)CN(c2ccc(C(C)(C)C)nn2)C1. The monoisotopic (exact) mass is 247 g/mol. The molecule has 100 valence electrons. The predicted octanol–water partition coefficient (Wildman–Crippen LogP) is 3.26. The van der Waals surface area contributed by atoms with Gasteiger partial charge < -0.3 is 4.90 Å². The van der Waals surface area contributed by atoms with Crippen molar-refractivity contribution < 1.29 is 0 Å². The van der Waals surface area contributed by atoms with E-state index >= 15 is 0 Å². The van der Waals surface area contributed by atoms with E-state index < -0.39 is 0 Å². The molecule has 3 nitrogen and oxygen atoms in total. The van der Waals surface area contributed by atoms with E-state index in [1.807, 2.05) is 0 Å². The lowest BCUT2D eigenvalue weighted by Crippen LogP contribution is -2.39. The Kier molecular flexibility index (Phi) is 3.60. The molecule has 1 fully saturated rings. The van der Waals surface area contributed by atoms with Gasteiger partial charge in [-0.1, -0.05) is 34.6 Å². The molecular weight excluding hydrogens is 222 g/mol. The molecular formula is C15H25N3. The Bertz CT molecular complexity index is 381. The maximum atomic E-state index is 4.41. The van der Waals surface area contributed by atoms with Crippen molar-refractivity contribution in [2.75, 3.05) is 18.0 Å². The molecule has 1 aliphatic heterocycles. The lowest BCUT2D eigenvalue weighted by Gasteiger charge is -2.35. The summed E-state index contributed by atoms with van der Waals surface area (Å²) in [6.07, 6.45) is 1.32. The number of hydrogen-bond acceptors (Lipinski definition) is 3. The molecule has 0 aliphatic carbocycles. The Morgan fingerprint density at radius 1 is 1.06 bits per heavy atom. The van der Waals surface area contributed by atoms with Crippen molar-refractivity contribution in [3.63, 3.8) is 0 Å². The molecule has 0 bridgehead atoms. The zero-order chi connectivity index (χ0) is 13.3. The number of nitrogens with zero attached hydrogens (tertiary/aromatic N) is 3. The van der Waals surface area contributed by atoms with Crippen molar-refractivity contribution in [1.82, 2.24) is 10.2 Å². The number of aromatic nitrogens is 2. The molecule has 3 heteroatoms. The van der Waals surface area contributed by atoms with Crippen LogP contribution < -0.4 is 4.90 Å². The van der Waals surface area contributed by atoms with Crippen molar-refractivity contribution >= 4 is 5.82 Å². The summed E-state index contributed by atoms with van der Waals surface area (Å²) in [5.74, 6) is 2.53. The topological polar surface area (TPSA) is 29.0 Å². The van der Waals surface area contributed by atoms with Gasteiger partial charge in [-0.3, -0.25) is 0 Å². The van der Waals surface area contributed by atoms with Gasteiger partial charge in [-0.15, -0.1) is 5.10 Å². The minimum absolute atomic E-state index is 0.0774. The molecule has 1 saturated heterocycles. The van der Waals surface area contributed by atoms with Crippen molar-refractivity contribution in [2.45, 2.75) is 46.5 Å². The first kappa shape index (κ1) is 13.3. The first-order chi connectivity index (χ1) is 8.36. The largest absolute Gasteiger partial charge is 0.355 e. The zero-order valence-electron chi connectivity index (χ0n) is 12.3. The molecule has 2 atom stereocenters. The lowest BCUT2D eigenvalue weighted by molar-refractivity contribution is 0.354. The van der Waals surface area contributed by atoms with Gasteiger partial charge in [0.05, 0.1) is 5.69 Å². The second-order valence-electron chi connectivity index (χ2n) is 6.88. The zero-order valence-corrected chi connectivity index (χ0v) is 12.3. The maximum absolute atomic E-state index is 4.41. The lowest BCUT2D eigenvalue weighted by atomic mass is 9.91. The molecule has 2 heterocycles. The van der Waals surface area contributed by atoms with Crippen LogP contribution in [0.5, 0.6) is 0 Å². The van der Waals surface area contributed by atoms with Crippen LogP contribution in [0.15, 0.2) is 12.1 Å². The van der Waals surface area contributed by atoms with E-state index in [1.54, 1.807) is 0 Å². The average Bonchev–Trinajstić information content (AvgIpc) is 2.27. The number of anilines is 1. The summed E-state index contributed by atoms with van der Waals surface area (Å²) >= 11 is 0. The summed E-state index contributed by atoms with van der Waals surface area (Å²) in [5.41, 5.74) is 1.14. The highest BCUT2D eigenvalue weighted by atomic mass is 15.3. The smallest absolute Gasteiger partial charge is 0.151 e. The summed E-state index contributed by atoms with van der Waals surface area (Å²) in [5, 5.41) is 8.80. The third kappa shape index (κ3) is 3.01. The molecule has 1 aliphatic rings. The van der Waals surface area contributed by atoms with Crippen molar-refractivity contribution in [2.24, 2.45) is 11.8 Å². The molecule has 1 aromatic rings. The Labute approximate surface area is 111 Å². The fourth-order valence-electron chi connectivity index (χ4n) is 2.74.